The minimum absolute atomic E-state index is 0. The van der Waals surface area contributed by atoms with Gasteiger partial charge in [0.15, 0.2) is 11.8 Å². The van der Waals surface area contributed by atoms with E-state index in [0.717, 1.165) is 42.6 Å². The number of nitrogens with one attached hydrogen (secondary N) is 3. The number of methoxy groups -OCH3 is 1. The molecule has 1 aromatic carbocycles. The van der Waals surface area contributed by atoms with Crippen LogP contribution in [0.15, 0.2) is 29.3 Å². The number of guanidine groups is 1. The summed E-state index contributed by atoms with van der Waals surface area (Å²) < 4.78 is 5.14. The molecule has 1 aliphatic rings. The molecular formula is C14H19IN6O. The Kier molecular flexibility index (Phi) is 5.99. The summed E-state index contributed by atoms with van der Waals surface area (Å²) in [6.07, 6.45) is 1.08. The molecule has 0 atom stereocenters. The van der Waals surface area contributed by atoms with Crippen molar-refractivity contribution in [2.45, 2.75) is 13.0 Å². The van der Waals surface area contributed by atoms with Gasteiger partial charge in [-0.1, -0.05) is 0 Å². The van der Waals surface area contributed by atoms with Gasteiger partial charge >= 0.3 is 0 Å². The number of hydrogen-bond acceptors (Lipinski definition) is 6. The van der Waals surface area contributed by atoms with Gasteiger partial charge < -0.3 is 15.4 Å². The molecule has 0 radical (unpaired) electrons. The van der Waals surface area contributed by atoms with Gasteiger partial charge in [-0.05, 0) is 30.7 Å². The zero-order chi connectivity index (χ0) is 14.5. The molecule has 0 unspecified atom stereocenters. The molecule has 3 rings (SSSR count). The minimum Gasteiger partial charge on any atom is -0.497 e. The quantitative estimate of drug-likeness (QED) is 0.661. The molecule has 0 spiro atoms. The van der Waals surface area contributed by atoms with Crippen LogP contribution in [0.5, 0.6) is 5.75 Å². The molecule has 0 fully saturated rings. The maximum absolute atomic E-state index is 5.14. The van der Waals surface area contributed by atoms with E-state index in [4.69, 9.17) is 4.74 Å². The molecule has 0 aliphatic carbocycles. The summed E-state index contributed by atoms with van der Waals surface area (Å²) in [5.41, 5.74) is 0.950. The number of aromatic nitrogens is 3. The molecule has 2 heterocycles. The Bertz CT molecular complexity index is 625. The molecule has 0 saturated carbocycles. The molecule has 7 nitrogen and oxygen atoms in total. The zero-order valence-electron chi connectivity index (χ0n) is 12.3. The van der Waals surface area contributed by atoms with Crippen LogP contribution >= 0.6 is 24.0 Å². The van der Waals surface area contributed by atoms with Gasteiger partial charge in [0.25, 0.3) is 0 Å². The Morgan fingerprint density at radius 1 is 1.27 bits per heavy atom. The van der Waals surface area contributed by atoms with E-state index < -0.39 is 0 Å². The highest BCUT2D eigenvalue weighted by Crippen LogP contribution is 2.18. The van der Waals surface area contributed by atoms with Crippen LogP contribution in [-0.2, 0) is 6.54 Å². The SMILES string of the molecule is COc1ccc(-c2n[nH]c(CNC3=NCCCN3)n2)cc1.I. The normalized spacial score (nSPS) is 13.6. The lowest BCUT2D eigenvalue weighted by Crippen LogP contribution is -2.40. The first kappa shape index (κ1) is 16.5. The van der Waals surface area contributed by atoms with Gasteiger partial charge in [0.05, 0.1) is 13.7 Å². The number of H-pyrrole nitrogens is 1. The second-order valence-corrected chi connectivity index (χ2v) is 4.70. The number of aromatic amines is 1. The van der Waals surface area contributed by atoms with Crippen LogP contribution in [0.3, 0.4) is 0 Å². The van der Waals surface area contributed by atoms with Crippen molar-refractivity contribution in [3.63, 3.8) is 0 Å². The standard InChI is InChI=1S/C14H18N6O.HI/c1-21-11-5-3-10(4-6-11)13-18-12(19-20-13)9-17-14-15-7-2-8-16-14;/h3-6H,2,7-9H2,1H3,(H2,15,16,17)(H,18,19,20);1H. The van der Waals surface area contributed by atoms with Crippen molar-refractivity contribution in [1.82, 2.24) is 25.8 Å². The maximum atomic E-state index is 5.14. The first-order chi connectivity index (χ1) is 10.3. The summed E-state index contributed by atoms with van der Waals surface area (Å²) in [6, 6.07) is 7.66. The topological polar surface area (TPSA) is 87.2 Å². The van der Waals surface area contributed by atoms with Crippen molar-refractivity contribution in [3.8, 4) is 17.1 Å². The van der Waals surface area contributed by atoms with E-state index in [-0.39, 0.29) is 24.0 Å². The van der Waals surface area contributed by atoms with Gasteiger partial charge in [0.2, 0.25) is 0 Å². The molecule has 8 heteroatoms. The van der Waals surface area contributed by atoms with Gasteiger partial charge in [0, 0.05) is 18.7 Å². The van der Waals surface area contributed by atoms with Crippen molar-refractivity contribution in [1.29, 1.82) is 0 Å². The second kappa shape index (κ2) is 7.97. The van der Waals surface area contributed by atoms with E-state index in [1.165, 1.54) is 0 Å². The lowest BCUT2D eigenvalue weighted by atomic mass is 10.2. The maximum Gasteiger partial charge on any atom is 0.191 e. The summed E-state index contributed by atoms with van der Waals surface area (Å²) in [7, 11) is 1.65. The highest BCUT2D eigenvalue weighted by Gasteiger charge is 2.08. The van der Waals surface area contributed by atoms with Crippen molar-refractivity contribution in [2.75, 3.05) is 20.2 Å². The van der Waals surface area contributed by atoms with E-state index >= 15 is 0 Å². The summed E-state index contributed by atoms with van der Waals surface area (Å²) in [5.74, 6) is 3.09. The predicted octanol–water partition coefficient (Wildman–Crippen LogP) is 1.54. The van der Waals surface area contributed by atoms with Crippen LogP contribution in [-0.4, -0.2) is 41.3 Å². The van der Waals surface area contributed by atoms with E-state index in [1.54, 1.807) is 7.11 Å². The molecule has 22 heavy (non-hydrogen) atoms. The molecule has 3 N–H and O–H groups in total. The van der Waals surface area contributed by atoms with Crippen molar-refractivity contribution in [3.05, 3.63) is 30.1 Å². The summed E-state index contributed by atoms with van der Waals surface area (Å²) >= 11 is 0. The zero-order valence-corrected chi connectivity index (χ0v) is 14.6. The van der Waals surface area contributed by atoms with Crippen LogP contribution in [0.2, 0.25) is 0 Å². The Balaban J connectivity index is 0.00000176. The monoisotopic (exact) mass is 414 g/mol. The first-order valence-corrected chi connectivity index (χ1v) is 6.93. The number of nitrogens with zero attached hydrogens (tertiary/aromatic N) is 3. The van der Waals surface area contributed by atoms with Crippen LogP contribution < -0.4 is 15.4 Å². The molecule has 1 aromatic heterocycles. The Labute approximate surface area is 146 Å². The van der Waals surface area contributed by atoms with Crippen LogP contribution in [0, 0.1) is 0 Å². The third-order valence-corrected chi connectivity index (χ3v) is 3.20. The molecule has 118 valence electrons. The van der Waals surface area contributed by atoms with Crippen molar-refractivity contribution >= 4 is 29.9 Å². The van der Waals surface area contributed by atoms with Crippen molar-refractivity contribution < 1.29 is 4.74 Å². The lowest BCUT2D eigenvalue weighted by Gasteiger charge is -2.14. The fourth-order valence-corrected chi connectivity index (χ4v) is 2.06. The lowest BCUT2D eigenvalue weighted by molar-refractivity contribution is 0.415. The number of rotatable bonds is 4. The second-order valence-electron chi connectivity index (χ2n) is 4.70. The Morgan fingerprint density at radius 2 is 2.09 bits per heavy atom. The van der Waals surface area contributed by atoms with Gasteiger partial charge in [-0.15, -0.1) is 24.0 Å². The Morgan fingerprint density at radius 3 is 2.77 bits per heavy atom. The highest BCUT2D eigenvalue weighted by molar-refractivity contribution is 14.0. The number of halogens is 1. The molecular weight excluding hydrogens is 395 g/mol. The fourth-order valence-electron chi connectivity index (χ4n) is 2.06. The average molecular weight is 414 g/mol. The van der Waals surface area contributed by atoms with E-state index in [2.05, 4.69) is 30.8 Å². The van der Waals surface area contributed by atoms with Gasteiger partial charge in [0.1, 0.15) is 11.6 Å². The molecule has 0 amide bonds. The van der Waals surface area contributed by atoms with Crippen LogP contribution in [0.25, 0.3) is 11.4 Å². The van der Waals surface area contributed by atoms with Crippen LogP contribution in [0.4, 0.5) is 0 Å². The average Bonchev–Trinajstić information content (AvgIpc) is 3.03. The van der Waals surface area contributed by atoms with Gasteiger partial charge in [-0.2, -0.15) is 5.10 Å². The summed E-state index contributed by atoms with van der Waals surface area (Å²) in [5, 5.41) is 13.6. The van der Waals surface area contributed by atoms with Crippen molar-refractivity contribution in [2.24, 2.45) is 4.99 Å². The Hall–Kier alpha value is -1.84. The molecule has 0 saturated heterocycles. The van der Waals surface area contributed by atoms with Gasteiger partial charge in [-0.3, -0.25) is 10.1 Å². The highest BCUT2D eigenvalue weighted by atomic mass is 127. The minimum atomic E-state index is 0. The number of hydrogen-bond donors (Lipinski definition) is 3. The number of aliphatic imine (C=N–C) groups is 1. The first-order valence-electron chi connectivity index (χ1n) is 6.93. The third-order valence-electron chi connectivity index (χ3n) is 3.20. The number of ether oxygens (including phenoxy) is 1. The fraction of sp³-hybridized carbons (Fsp3) is 0.357. The molecule has 2 aromatic rings. The molecule has 1 aliphatic heterocycles. The summed E-state index contributed by atoms with van der Waals surface area (Å²) in [4.78, 5) is 8.81. The van der Waals surface area contributed by atoms with E-state index in [0.29, 0.717) is 12.4 Å². The molecule has 0 bridgehead atoms. The largest absolute Gasteiger partial charge is 0.497 e. The number of benzene rings is 1. The van der Waals surface area contributed by atoms with E-state index in [1.807, 2.05) is 24.3 Å². The predicted molar refractivity (Wildman–Crippen MR) is 95.5 cm³/mol. The van der Waals surface area contributed by atoms with E-state index in [9.17, 15) is 0 Å². The smallest absolute Gasteiger partial charge is 0.191 e. The van der Waals surface area contributed by atoms with Gasteiger partial charge in [-0.25, -0.2) is 4.98 Å². The third kappa shape index (κ3) is 4.09. The summed E-state index contributed by atoms with van der Waals surface area (Å²) in [6.45, 7) is 2.39. The van der Waals surface area contributed by atoms with Crippen LogP contribution in [0.1, 0.15) is 12.2 Å².